The van der Waals surface area contributed by atoms with Crippen molar-refractivity contribution in [2.45, 2.75) is 31.8 Å². The van der Waals surface area contributed by atoms with E-state index in [1.165, 1.54) is 18.9 Å². The first-order chi connectivity index (χ1) is 6.58. The molecule has 14 heavy (non-hydrogen) atoms. The summed E-state index contributed by atoms with van der Waals surface area (Å²) in [4.78, 5) is 3.91. The minimum Gasteiger partial charge on any atom is -0.384 e. The fourth-order valence-corrected chi connectivity index (χ4v) is 1.68. The molecule has 1 saturated carbocycles. The molecule has 0 amide bonds. The van der Waals surface area contributed by atoms with Crippen LogP contribution < -0.4 is 0 Å². The summed E-state index contributed by atoms with van der Waals surface area (Å²) in [5, 5.41) is 10.1. The van der Waals surface area contributed by atoms with E-state index in [1.807, 2.05) is 0 Å². The van der Waals surface area contributed by atoms with Gasteiger partial charge in [0, 0.05) is 0 Å². The van der Waals surface area contributed by atoms with Crippen molar-refractivity contribution in [1.82, 2.24) is 4.98 Å². The van der Waals surface area contributed by atoms with Gasteiger partial charge in [0.05, 0.1) is 11.9 Å². The van der Waals surface area contributed by atoms with Crippen LogP contribution in [-0.4, -0.2) is 10.1 Å². The Morgan fingerprint density at radius 2 is 2.29 bits per heavy atom. The van der Waals surface area contributed by atoms with Gasteiger partial charge in [-0.2, -0.15) is 0 Å². The van der Waals surface area contributed by atoms with Gasteiger partial charge in [-0.05, 0) is 31.4 Å². The summed E-state index contributed by atoms with van der Waals surface area (Å²) >= 11 is 0. The van der Waals surface area contributed by atoms with Gasteiger partial charge in [0.25, 0.3) is 0 Å². The Morgan fingerprint density at radius 1 is 1.57 bits per heavy atom. The molecule has 1 aromatic rings. The summed E-state index contributed by atoms with van der Waals surface area (Å²) in [5.41, 5.74) is -0.347. The van der Waals surface area contributed by atoms with Crippen LogP contribution in [0.1, 0.15) is 31.9 Å². The molecule has 2 rings (SSSR count). The van der Waals surface area contributed by atoms with Crippen LogP contribution >= 0.6 is 0 Å². The Hall–Kier alpha value is -0.960. The van der Waals surface area contributed by atoms with Crippen molar-refractivity contribution >= 4 is 0 Å². The van der Waals surface area contributed by atoms with Crippen LogP contribution in [0, 0.1) is 11.7 Å². The topological polar surface area (TPSA) is 33.1 Å². The molecule has 0 bridgehead atoms. The van der Waals surface area contributed by atoms with Gasteiger partial charge < -0.3 is 5.11 Å². The van der Waals surface area contributed by atoms with Crippen LogP contribution in [0.4, 0.5) is 4.39 Å². The second-order valence-electron chi connectivity index (χ2n) is 4.28. The number of hydrogen-bond acceptors (Lipinski definition) is 2. The molecule has 1 aliphatic rings. The van der Waals surface area contributed by atoms with E-state index in [0.29, 0.717) is 11.6 Å². The third kappa shape index (κ3) is 2.10. The summed E-state index contributed by atoms with van der Waals surface area (Å²) in [6.07, 6.45) is 4.26. The zero-order valence-corrected chi connectivity index (χ0v) is 8.20. The number of hydrogen-bond donors (Lipinski definition) is 1. The largest absolute Gasteiger partial charge is 0.384 e. The number of rotatable bonds is 3. The van der Waals surface area contributed by atoms with Crippen molar-refractivity contribution in [2.24, 2.45) is 5.92 Å². The molecule has 76 valence electrons. The predicted molar refractivity (Wildman–Crippen MR) is 51.1 cm³/mol. The first-order valence-corrected chi connectivity index (χ1v) is 4.92. The van der Waals surface area contributed by atoms with Crippen molar-refractivity contribution < 1.29 is 9.50 Å². The molecule has 0 spiro atoms. The standard InChI is InChI=1S/C11H14FNO/c1-11(14,6-8-2-3-8)10-5-4-9(12)7-13-10/h4-5,7-8,14H,2-3,6H2,1H3. The monoisotopic (exact) mass is 195 g/mol. The lowest BCUT2D eigenvalue weighted by Gasteiger charge is -2.22. The molecular weight excluding hydrogens is 181 g/mol. The highest BCUT2D eigenvalue weighted by atomic mass is 19.1. The van der Waals surface area contributed by atoms with Crippen molar-refractivity contribution in [1.29, 1.82) is 0 Å². The van der Waals surface area contributed by atoms with E-state index >= 15 is 0 Å². The zero-order chi connectivity index (χ0) is 10.2. The molecule has 1 atom stereocenters. The van der Waals surface area contributed by atoms with Crippen LogP contribution in [0.15, 0.2) is 18.3 Å². The minimum atomic E-state index is -0.908. The highest BCUT2D eigenvalue weighted by molar-refractivity contribution is 5.13. The molecular formula is C11H14FNO. The van der Waals surface area contributed by atoms with E-state index < -0.39 is 5.60 Å². The number of pyridine rings is 1. The van der Waals surface area contributed by atoms with Crippen LogP contribution in [0.2, 0.25) is 0 Å². The summed E-state index contributed by atoms with van der Waals surface area (Å²) in [6.45, 7) is 1.74. The molecule has 1 aromatic heterocycles. The van der Waals surface area contributed by atoms with Crippen molar-refractivity contribution in [2.75, 3.05) is 0 Å². The van der Waals surface area contributed by atoms with Crippen LogP contribution in [0.3, 0.4) is 0 Å². The smallest absolute Gasteiger partial charge is 0.141 e. The quantitative estimate of drug-likeness (QED) is 0.802. The average molecular weight is 195 g/mol. The molecule has 3 heteroatoms. The molecule has 1 heterocycles. The van der Waals surface area contributed by atoms with Gasteiger partial charge in [-0.15, -0.1) is 0 Å². The fraction of sp³-hybridized carbons (Fsp3) is 0.545. The van der Waals surface area contributed by atoms with E-state index in [4.69, 9.17) is 0 Å². The van der Waals surface area contributed by atoms with E-state index in [1.54, 1.807) is 13.0 Å². The van der Waals surface area contributed by atoms with Gasteiger partial charge in [-0.25, -0.2) is 4.39 Å². The highest BCUT2D eigenvalue weighted by Crippen LogP contribution is 2.39. The maximum atomic E-state index is 12.6. The Labute approximate surface area is 82.8 Å². The number of halogens is 1. The van der Waals surface area contributed by atoms with Gasteiger partial charge in [-0.3, -0.25) is 4.98 Å². The summed E-state index contributed by atoms with van der Waals surface area (Å²) in [6, 6.07) is 2.89. The van der Waals surface area contributed by atoms with Crippen LogP contribution in [0.5, 0.6) is 0 Å². The van der Waals surface area contributed by atoms with E-state index in [9.17, 15) is 9.50 Å². The molecule has 1 unspecified atom stereocenters. The normalized spacial score (nSPS) is 20.5. The first kappa shape index (κ1) is 9.59. The lowest BCUT2D eigenvalue weighted by atomic mass is 9.95. The van der Waals surface area contributed by atoms with Gasteiger partial charge in [0.15, 0.2) is 0 Å². The maximum absolute atomic E-state index is 12.6. The van der Waals surface area contributed by atoms with E-state index in [-0.39, 0.29) is 5.82 Å². The number of aromatic nitrogens is 1. The second-order valence-corrected chi connectivity index (χ2v) is 4.28. The van der Waals surface area contributed by atoms with Gasteiger partial charge in [0.1, 0.15) is 11.4 Å². The Bertz CT molecular complexity index is 317. The third-order valence-electron chi connectivity index (χ3n) is 2.66. The second kappa shape index (κ2) is 3.31. The third-order valence-corrected chi connectivity index (χ3v) is 2.66. The molecule has 2 nitrogen and oxygen atoms in total. The SMILES string of the molecule is CC(O)(CC1CC1)c1ccc(F)cn1. The maximum Gasteiger partial charge on any atom is 0.141 e. The Morgan fingerprint density at radius 3 is 2.79 bits per heavy atom. The lowest BCUT2D eigenvalue weighted by molar-refractivity contribution is 0.0372. The summed E-state index contributed by atoms with van der Waals surface area (Å²) < 4.78 is 12.6. The molecule has 0 aliphatic heterocycles. The van der Waals surface area contributed by atoms with Gasteiger partial charge in [-0.1, -0.05) is 12.8 Å². The van der Waals surface area contributed by atoms with Crippen molar-refractivity contribution in [3.05, 3.63) is 29.8 Å². The van der Waals surface area contributed by atoms with E-state index in [2.05, 4.69) is 4.98 Å². The molecule has 1 N–H and O–H groups in total. The van der Waals surface area contributed by atoms with Gasteiger partial charge in [0.2, 0.25) is 0 Å². The number of nitrogens with zero attached hydrogens (tertiary/aromatic N) is 1. The molecule has 1 fully saturated rings. The Balaban J connectivity index is 2.14. The van der Waals surface area contributed by atoms with Crippen molar-refractivity contribution in [3.63, 3.8) is 0 Å². The molecule has 0 aromatic carbocycles. The van der Waals surface area contributed by atoms with Crippen LogP contribution in [-0.2, 0) is 5.60 Å². The summed E-state index contributed by atoms with van der Waals surface area (Å²) in [7, 11) is 0. The highest BCUT2D eigenvalue weighted by Gasteiger charge is 2.33. The number of aliphatic hydroxyl groups is 1. The first-order valence-electron chi connectivity index (χ1n) is 4.92. The average Bonchev–Trinajstić information content (AvgIpc) is 2.88. The Kier molecular flexibility index (Phi) is 2.27. The fourth-order valence-electron chi connectivity index (χ4n) is 1.68. The molecule has 1 aliphatic carbocycles. The molecule has 0 saturated heterocycles. The van der Waals surface area contributed by atoms with Crippen molar-refractivity contribution in [3.8, 4) is 0 Å². The van der Waals surface area contributed by atoms with E-state index in [0.717, 1.165) is 12.6 Å². The predicted octanol–water partition coefficient (Wildman–Crippen LogP) is 2.23. The lowest BCUT2D eigenvalue weighted by Crippen LogP contribution is -2.23. The zero-order valence-electron chi connectivity index (χ0n) is 8.20. The van der Waals surface area contributed by atoms with Gasteiger partial charge >= 0.3 is 0 Å². The molecule has 0 radical (unpaired) electrons. The summed E-state index contributed by atoms with van der Waals surface area (Å²) in [5.74, 6) is 0.257. The van der Waals surface area contributed by atoms with Crippen LogP contribution in [0.25, 0.3) is 0 Å². The minimum absolute atomic E-state index is 0.365.